The van der Waals surface area contributed by atoms with Crippen molar-refractivity contribution < 1.29 is 13.9 Å². The van der Waals surface area contributed by atoms with Gasteiger partial charge in [-0.15, -0.1) is 0 Å². The summed E-state index contributed by atoms with van der Waals surface area (Å²) in [6, 6.07) is 11.8. The summed E-state index contributed by atoms with van der Waals surface area (Å²) in [5, 5.41) is 2.78. The molecule has 2 aromatic carbocycles. The van der Waals surface area contributed by atoms with Crippen LogP contribution in [-0.4, -0.2) is 35.1 Å². The first kappa shape index (κ1) is 19.3. The molecular weight excluding hydrogens is 439 g/mol. The zero-order valence-electron chi connectivity index (χ0n) is 15.6. The second-order valence-electron chi connectivity index (χ2n) is 6.78. The Balaban J connectivity index is 1.32. The maximum Gasteiger partial charge on any atom is 0.275 e. The molecule has 0 aliphatic carbocycles. The Morgan fingerprint density at radius 1 is 1.17 bits per heavy atom. The minimum atomic E-state index is -0.322. The van der Waals surface area contributed by atoms with Gasteiger partial charge in [-0.05, 0) is 42.8 Å². The molecule has 0 bridgehead atoms. The van der Waals surface area contributed by atoms with Crippen molar-refractivity contribution in [1.29, 1.82) is 0 Å². The Morgan fingerprint density at radius 2 is 1.93 bits per heavy atom. The molecule has 29 heavy (non-hydrogen) atoms. The van der Waals surface area contributed by atoms with E-state index in [1.54, 1.807) is 24.4 Å². The number of aryl methyl sites for hydroxylation is 1. The van der Waals surface area contributed by atoms with E-state index < -0.39 is 0 Å². The fourth-order valence-corrected chi connectivity index (χ4v) is 3.17. The normalized spacial score (nSPS) is 13.7. The van der Waals surface area contributed by atoms with Gasteiger partial charge in [0.05, 0.1) is 25.5 Å². The van der Waals surface area contributed by atoms with E-state index in [1.165, 1.54) is 18.3 Å². The van der Waals surface area contributed by atoms with Gasteiger partial charge in [0.25, 0.3) is 5.91 Å². The van der Waals surface area contributed by atoms with Crippen LogP contribution in [0.3, 0.4) is 0 Å². The van der Waals surface area contributed by atoms with Crippen molar-refractivity contribution in [3.05, 3.63) is 76.4 Å². The number of hydrogen-bond acceptors (Lipinski definition) is 5. The van der Waals surface area contributed by atoms with E-state index in [-0.39, 0.29) is 23.5 Å². The lowest BCUT2D eigenvalue weighted by atomic mass is 10.1. The highest BCUT2D eigenvalue weighted by molar-refractivity contribution is 9.10. The monoisotopic (exact) mass is 456 g/mol. The molecule has 0 radical (unpaired) electrons. The first-order valence-corrected chi connectivity index (χ1v) is 9.84. The molecule has 0 spiro atoms. The van der Waals surface area contributed by atoms with Gasteiger partial charge in [-0.25, -0.2) is 14.4 Å². The quantitative estimate of drug-likeness (QED) is 0.622. The maximum absolute atomic E-state index is 13.4. The van der Waals surface area contributed by atoms with Gasteiger partial charge in [0.15, 0.2) is 0 Å². The number of benzene rings is 2. The van der Waals surface area contributed by atoms with Crippen LogP contribution in [-0.2, 0) is 0 Å². The Hall–Kier alpha value is -3.00. The van der Waals surface area contributed by atoms with E-state index in [0.29, 0.717) is 30.3 Å². The summed E-state index contributed by atoms with van der Waals surface area (Å²) in [4.78, 5) is 22.8. The van der Waals surface area contributed by atoms with Gasteiger partial charge in [0.1, 0.15) is 29.2 Å². The molecule has 1 aromatic heterocycles. The van der Waals surface area contributed by atoms with Crippen molar-refractivity contribution >= 4 is 33.3 Å². The molecule has 2 heterocycles. The summed E-state index contributed by atoms with van der Waals surface area (Å²) in [6.45, 7) is 3.12. The molecule has 0 atom stereocenters. The first-order chi connectivity index (χ1) is 14.0. The van der Waals surface area contributed by atoms with Crippen LogP contribution in [0.5, 0.6) is 5.75 Å². The third-order valence-electron chi connectivity index (χ3n) is 4.59. The molecule has 1 saturated heterocycles. The molecule has 148 valence electrons. The number of aromatic nitrogens is 2. The van der Waals surface area contributed by atoms with E-state index in [1.807, 2.05) is 24.0 Å². The lowest BCUT2D eigenvalue weighted by Gasteiger charge is -2.39. The highest BCUT2D eigenvalue weighted by Crippen LogP contribution is 2.25. The van der Waals surface area contributed by atoms with Crippen LogP contribution in [0.15, 0.2) is 59.3 Å². The molecule has 6 nitrogen and oxygen atoms in total. The number of amides is 1. The van der Waals surface area contributed by atoms with E-state index in [0.717, 1.165) is 10.0 Å². The van der Waals surface area contributed by atoms with E-state index in [9.17, 15) is 9.18 Å². The second-order valence-corrected chi connectivity index (χ2v) is 7.69. The Morgan fingerprint density at radius 3 is 2.62 bits per heavy atom. The Labute approximate surface area is 175 Å². The lowest BCUT2D eigenvalue weighted by molar-refractivity contribution is 0.102. The van der Waals surface area contributed by atoms with Crippen molar-refractivity contribution in [2.24, 2.45) is 0 Å². The fraction of sp³-hybridized carbons (Fsp3) is 0.190. The molecular formula is C21H18BrFN4O2. The molecule has 1 fully saturated rings. The predicted octanol–water partition coefficient (Wildman–Crippen LogP) is 4.21. The molecule has 1 aliphatic rings. The number of carbonyl (C=O) groups is 1. The molecule has 4 rings (SSSR count). The lowest BCUT2D eigenvalue weighted by Crippen LogP contribution is -2.54. The van der Waals surface area contributed by atoms with Gasteiger partial charge in [-0.3, -0.25) is 4.79 Å². The van der Waals surface area contributed by atoms with Crippen LogP contribution in [0.2, 0.25) is 0 Å². The number of ether oxygens (including phenoxy) is 1. The van der Waals surface area contributed by atoms with Gasteiger partial charge >= 0.3 is 0 Å². The third kappa shape index (κ3) is 4.54. The van der Waals surface area contributed by atoms with Crippen LogP contribution < -0.4 is 15.0 Å². The Bertz CT molecular complexity index is 1020. The minimum Gasteiger partial charge on any atom is -0.486 e. The van der Waals surface area contributed by atoms with Crippen LogP contribution in [0.25, 0.3) is 0 Å². The van der Waals surface area contributed by atoms with Gasteiger partial charge < -0.3 is 15.0 Å². The highest BCUT2D eigenvalue weighted by atomic mass is 79.9. The average Bonchev–Trinajstić information content (AvgIpc) is 2.69. The smallest absolute Gasteiger partial charge is 0.275 e. The first-order valence-electron chi connectivity index (χ1n) is 9.04. The van der Waals surface area contributed by atoms with Crippen molar-refractivity contribution in [3.63, 3.8) is 0 Å². The van der Waals surface area contributed by atoms with Gasteiger partial charge in [-0.2, -0.15) is 0 Å². The van der Waals surface area contributed by atoms with Crippen LogP contribution >= 0.6 is 15.9 Å². The van der Waals surface area contributed by atoms with Crippen molar-refractivity contribution in [1.82, 2.24) is 9.97 Å². The second kappa shape index (κ2) is 8.16. The van der Waals surface area contributed by atoms with Crippen molar-refractivity contribution in [2.45, 2.75) is 13.0 Å². The van der Waals surface area contributed by atoms with Crippen LogP contribution in [0.1, 0.15) is 16.1 Å². The average molecular weight is 457 g/mol. The summed E-state index contributed by atoms with van der Waals surface area (Å²) >= 11 is 3.35. The molecule has 0 unspecified atom stereocenters. The zero-order chi connectivity index (χ0) is 20.4. The number of carbonyl (C=O) groups excluding carboxylic acids is 1. The minimum absolute atomic E-state index is 0.0438. The summed E-state index contributed by atoms with van der Waals surface area (Å²) in [6.07, 6.45) is 2.98. The number of halogens is 2. The number of nitrogens with zero attached hydrogens (tertiary/aromatic N) is 3. The molecule has 1 N–H and O–H groups in total. The zero-order valence-corrected chi connectivity index (χ0v) is 17.2. The maximum atomic E-state index is 13.4. The van der Waals surface area contributed by atoms with Gasteiger partial charge in [0, 0.05) is 16.2 Å². The fourth-order valence-electron chi connectivity index (χ4n) is 2.91. The molecule has 1 amide bonds. The molecule has 3 aromatic rings. The number of anilines is 2. The number of nitrogens with one attached hydrogen (secondary N) is 1. The number of hydrogen-bond donors (Lipinski definition) is 1. The van der Waals surface area contributed by atoms with Crippen LogP contribution in [0, 0.1) is 12.7 Å². The third-order valence-corrected chi connectivity index (χ3v) is 5.12. The highest BCUT2D eigenvalue weighted by Gasteiger charge is 2.30. The van der Waals surface area contributed by atoms with E-state index >= 15 is 0 Å². The topological polar surface area (TPSA) is 67.3 Å². The van der Waals surface area contributed by atoms with Gasteiger partial charge in [-0.1, -0.05) is 22.0 Å². The molecule has 1 aliphatic heterocycles. The molecule has 0 saturated carbocycles. The summed E-state index contributed by atoms with van der Waals surface area (Å²) < 4.78 is 20.2. The number of rotatable bonds is 5. The SMILES string of the molecule is Cc1ccc(F)cc1OC1CN(c2cnc(C(=O)Nc3ccc(Br)cc3)cn2)C1. The van der Waals surface area contributed by atoms with Crippen molar-refractivity contribution in [3.8, 4) is 5.75 Å². The summed E-state index contributed by atoms with van der Waals surface area (Å²) in [5.41, 5.74) is 1.81. The molecule has 8 heteroatoms. The van der Waals surface area contributed by atoms with Crippen LogP contribution in [0.4, 0.5) is 15.9 Å². The van der Waals surface area contributed by atoms with Gasteiger partial charge in [0.2, 0.25) is 0 Å². The summed E-state index contributed by atoms with van der Waals surface area (Å²) in [7, 11) is 0. The van der Waals surface area contributed by atoms with E-state index in [4.69, 9.17) is 4.74 Å². The Kier molecular flexibility index (Phi) is 5.44. The standard InChI is InChI=1S/C21H18BrFN4O2/c1-13-2-5-15(23)8-19(13)29-17-11-27(12-17)20-10-24-18(9-25-20)21(28)26-16-6-3-14(22)4-7-16/h2-10,17H,11-12H2,1H3,(H,26,28). The van der Waals surface area contributed by atoms with E-state index in [2.05, 4.69) is 31.2 Å². The summed E-state index contributed by atoms with van der Waals surface area (Å²) in [5.74, 6) is 0.587. The van der Waals surface area contributed by atoms with Crippen molar-refractivity contribution in [2.75, 3.05) is 23.3 Å². The largest absolute Gasteiger partial charge is 0.486 e. The predicted molar refractivity (Wildman–Crippen MR) is 112 cm³/mol.